The third-order valence-corrected chi connectivity index (χ3v) is 3.65. The Morgan fingerprint density at radius 3 is 2.90 bits per heavy atom. The molecule has 1 aliphatic rings. The lowest BCUT2D eigenvalue weighted by atomic mass is 9.77. The second-order valence-electron chi connectivity index (χ2n) is 6.01. The number of carbonyl (C=O) groups is 1. The van der Waals surface area contributed by atoms with E-state index in [1.165, 1.54) is 0 Å². The summed E-state index contributed by atoms with van der Waals surface area (Å²) in [5.74, 6) is 0.121. The van der Waals surface area contributed by atoms with Gasteiger partial charge in [-0.1, -0.05) is 19.9 Å². The van der Waals surface area contributed by atoms with Gasteiger partial charge in [0.05, 0.1) is 17.3 Å². The summed E-state index contributed by atoms with van der Waals surface area (Å²) in [7, 11) is 0. The quantitative estimate of drug-likeness (QED) is 0.796. The lowest BCUT2D eigenvalue weighted by molar-refractivity contribution is 0.0904. The highest BCUT2D eigenvalue weighted by Gasteiger charge is 2.34. The Hall–Kier alpha value is -2.41. The van der Waals surface area contributed by atoms with Gasteiger partial charge in [-0.05, 0) is 30.0 Å². The van der Waals surface area contributed by atoms with Crippen LogP contribution in [0, 0.1) is 16.7 Å². The zero-order valence-electron chi connectivity index (χ0n) is 11.6. The van der Waals surface area contributed by atoms with E-state index in [1.54, 1.807) is 23.0 Å². The van der Waals surface area contributed by atoms with Gasteiger partial charge in [-0.3, -0.25) is 9.36 Å². The molecular formula is C16H15N3O. The van der Waals surface area contributed by atoms with Crippen molar-refractivity contribution in [3.63, 3.8) is 0 Å². The van der Waals surface area contributed by atoms with Crippen molar-refractivity contribution < 1.29 is 4.79 Å². The van der Waals surface area contributed by atoms with Crippen LogP contribution in [-0.2, 0) is 6.42 Å². The number of fused-ring (bicyclic) bond motifs is 1. The van der Waals surface area contributed by atoms with Gasteiger partial charge in [0.15, 0.2) is 5.78 Å². The zero-order valence-corrected chi connectivity index (χ0v) is 11.6. The Morgan fingerprint density at radius 2 is 2.15 bits per heavy atom. The monoisotopic (exact) mass is 265 g/mol. The van der Waals surface area contributed by atoms with Crippen LogP contribution in [0.4, 0.5) is 0 Å². The highest BCUT2D eigenvalue weighted by atomic mass is 16.1. The van der Waals surface area contributed by atoms with E-state index < -0.39 is 0 Å². The van der Waals surface area contributed by atoms with Crippen molar-refractivity contribution in [3.8, 4) is 11.8 Å². The zero-order chi connectivity index (χ0) is 14.3. The summed E-state index contributed by atoms with van der Waals surface area (Å²) in [4.78, 5) is 16.8. The number of Topliss-reactive ketones (excluding diaryl/α,β-unsaturated/α-hetero) is 1. The number of carbonyl (C=O) groups excluding carboxylic acids is 1. The molecule has 2 aromatic rings. The molecule has 0 N–H and O–H groups in total. The van der Waals surface area contributed by atoms with Crippen LogP contribution < -0.4 is 0 Å². The smallest absolute Gasteiger partial charge is 0.182 e. The molecule has 0 fully saturated rings. The molecule has 1 aromatic heterocycles. The molecule has 1 heterocycles. The van der Waals surface area contributed by atoms with Crippen molar-refractivity contribution in [2.75, 3.05) is 0 Å². The van der Waals surface area contributed by atoms with Crippen molar-refractivity contribution in [2.24, 2.45) is 5.41 Å². The van der Waals surface area contributed by atoms with E-state index in [4.69, 9.17) is 5.26 Å². The molecule has 1 aliphatic carbocycles. The van der Waals surface area contributed by atoms with E-state index in [0.717, 1.165) is 17.8 Å². The molecule has 20 heavy (non-hydrogen) atoms. The number of imidazole rings is 1. The third kappa shape index (κ3) is 2.01. The van der Waals surface area contributed by atoms with Gasteiger partial charge in [-0.2, -0.15) is 5.26 Å². The van der Waals surface area contributed by atoms with Crippen molar-refractivity contribution in [3.05, 3.63) is 47.5 Å². The molecule has 0 radical (unpaired) electrons. The molecular weight excluding hydrogens is 250 g/mol. The molecule has 0 bridgehead atoms. The molecule has 0 spiro atoms. The first-order chi connectivity index (χ1) is 9.50. The Morgan fingerprint density at radius 1 is 1.35 bits per heavy atom. The second kappa shape index (κ2) is 4.31. The summed E-state index contributed by atoms with van der Waals surface area (Å²) in [6.45, 7) is 4.17. The molecule has 0 aliphatic heterocycles. The van der Waals surface area contributed by atoms with E-state index in [0.29, 0.717) is 17.7 Å². The topological polar surface area (TPSA) is 58.7 Å². The van der Waals surface area contributed by atoms with Crippen LogP contribution in [0.3, 0.4) is 0 Å². The summed E-state index contributed by atoms with van der Waals surface area (Å²) < 4.78 is 1.80. The first-order valence-electron chi connectivity index (χ1n) is 6.60. The van der Waals surface area contributed by atoms with Crippen LogP contribution in [-0.4, -0.2) is 15.3 Å². The molecule has 0 amide bonds. The number of nitrogens with zero attached hydrogens (tertiary/aromatic N) is 3. The first-order valence-corrected chi connectivity index (χ1v) is 6.60. The maximum Gasteiger partial charge on any atom is 0.182 e. The summed E-state index contributed by atoms with van der Waals surface area (Å²) in [5.41, 5.74) is 2.88. The highest BCUT2D eigenvalue weighted by Crippen LogP contribution is 2.34. The van der Waals surface area contributed by atoms with Crippen molar-refractivity contribution in [1.82, 2.24) is 9.55 Å². The Balaban J connectivity index is 2.12. The average Bonchev–Trinajstić information content (AvgIpc) is 2.81. The molecule has 100 valence electrons. The van der Waals surface area contributed by atoms with E-state index in [-0.39, 0.29) is 11.2 Å². The molecule has 4 nitrogen and oxygen atoms in total. The minimum absolute atomic E-state index is 0.0300. The number of aromatic nitrogens is 2. The van der Waals surface area contributed by atoms with Crippen molar-refractivity contribution in [1.29, 1.82) is 5.26 Å². The molecule has 4 heteroatoms. The van der Waals surface area contributed by atoms with Gasteiger partial charge >= 0.3 is 0 Å². The standard InChI is InChI=1S/C16H15N3O/c1-16(2)7-13-15(14(20)8-16)19(10-18-13)12-5-3-4-11(6-12)9-17/h3-6,10H,7-8H2,1-2H3. The number of benzene rings is 1. The Labute approximate surface area is 117 Å². The fraction of sp³-hybridized carbons (Fsp3) is 0.312. The summed E-state index contributed by atoms with van der Waals surface area (Å²) in [6.07, 6.45) is 3.02. The SMILES string of the molecule is CC1(C)CC(=O)c2c(ncn2-c2cccc(C#N)c2)C1. The number of hydrogen-bond donors (Lipinski definition) is 0. The number of rotatable bonds is 1. The van der Waals surface area contributed by atoms with Gasteiger partial charge in [0, 0.05) is 12.1 Å². The first kappa shape index (κ1) is 12.6. The third-order valence-electron chi connectivity index (χ3n) is 3.65. The van der Waals surface area contributed by atoms with Gasteiger partial charge in [0.2, 0.25) is 0 Å². The highest BCUT2D eigenvalue weighted by molar-refractivity contribution is 5.97. The number of nitriles is 1. The maximum atomic E-state index is 12.4. The normalized spacial score (nSPS) is 16.6. The van der Waals surface area contributed by atoms with Crippen LogP contribution in [0.1, 0.15) is 42.0 Å². The minimum Gasteiger partial charge on any atom is -0.296 e. The summed E-state index contributed by atoms with van der Waals surface area (Å²) >= 11 is 0. The predicted octanol–water partition coefficient (Wildman–Crippen LogP) is 2.90. The lowest BCUT2D eigenvalue weighted by Crippen LogP contribution is -2.28. The maximum absolute atomic E-state index is 12.4. The van der Waals surface area contributed by atoms with E-state index in [2.05, 4.69) is 24.9 Å². The van der Waals surface area contributed by atoms with Crippen molar-refractivity contribution >= 4 is 5.78 Å². The fourth-order valence-electron chi connectivity index (χ4n) is 2.77. The minimum atomic E-state index is -0.0300. The molecule has 3 rings (SSSR count). The number of ketones is 1. The Bertz CT molecular complexity index is 734. The molecule has 0 saturated heterocycles. The van der Waals surface area contributed by atoms with Gasteiger partial charge in [-0.15, -0.1) is 0 Å². The van der Waals surface area contributed by atoms with E-state index >= 15 is 0 Å². The van der Waals surface area contributed by atoms with Crippen LogP contribution >= 0.6 is 0 Å². The van der Waals surface area contributed by atoms with Crippen LogP contribution in [0.2, 0.25) is 0 Å². The second-order valence-corrected chi connectivity index (χ2v) is 6.01. The fourth-order valence-corrected chi connectivity index (χ4v) is 2.77. The average molecular weight is 265 g/mol. The summed E-state index contributed by atoms with van der Waals surface area (Å²) in [5, 5.41) is 8.98. The largest absolute Gasteiger partial charge is 0.296 e. The van der Waals surface area contributed by atoms with Gasteiger partial charge < -0.3 is 0 Å². The lowest BCUT2D eigenvalue weighted by Gasteiger charge is -2.28. The van der Waals surface area contributed by atoms with Gasteiger partial charge in [0.1, 0.15) is 12.0 Å². The van der Waals surface area contributed by atoms with E-state index in [1.807, 2.05) is 12.1 Å². The van der Waals surface area contributed by atoms with Crippen LogP contribution in [0.25, 0.3) is 5.69 Å². The predicted molar refractivity (Wildman–Crippen MR) is 74.7 cm³/mol. The van der Waals surface area contributed by atoms with E-state index in [9.17, 15) is 4.79 Å². The van der Waals surface area contributed by atoms with Crippen LogP contribution in [0.5, 0.6) is 0 Å². The van der Waals surface area contributed by atoms with Crippen molar-refractivity contribution in [2.45, 2.75) is 26.7 Å². The molecule has 1 aromatic carbocycles. The molecule has 0 unspecified atom stereocenters. The Kier molecular flexibility index (Phi) is 2.72. The van der Waals surface area contributed by atoms with Gasteiger partial charge in [-0.25, -0.2) is 4.98 Å². The van der Waals surface area contributed by atoms with Crippen LogP contribution in [0.15, 0.2) is 30.6 Å². The number of hydrogen-bond acceptors (Lipinski definition) is 3. The van der Waals surface area contributed by atoms with Gasteiger partial charge in [0.25, 0.3) is 0 Å². The summed E-state index contributed by atoms with van der Waals surface area (Å²) in [6, 6.07) is 9.34. The molecule has 0 atom stereocenters. The molecule has 0 saturated carbocycles.